The summed E-state index contributed by atoms with van der Waals surface area (Å²) in [6.07, 6.45) is 0.780. The Bertz CT molecular complexity index is 1080. The SMILES string of the molecule is CN1C=c2c(-c3ccncc3)csc2=C(c2ccc(OC(F)(F)F)cc2)N1. The largest absolute Gasteiger partial charge is 0.573 e. The molecule has 0 saturated carbocycles. The number of pyridine rings is 1. The summed E-state index contributed by atoms with van der Waals surface area (Å²) in [6, 6.07) is 9.73. The Morgan fingerprint density at radius 3 is 2.41 bits per heavy atom. The van der Waals surface area contributed by atoms with Crippen LogP contribution in [0.5, 0.6) is 5.75 Å². The summed E-state index contributed by atoms with van der Waals surface area (Å²) in [5.41, 5.74) is 7.00. The van der Waals surface area contributed by atoms with Crippen molar-refractivity contribution < 1.29 is 17.9 Å². The highest BCUT2D eigenvalue weighted by Crippen LogP contribution is 2.24. The van der Waals surface area contributed by atoms with E-state index in [1.165, 1.54) is 12.1 Å². The summed E-state index contributed by atoms with van der Waals surface area (Å²) in [7, 11) is 1.87. The topological polar surface area (TPSA) is 37.4 Å². The van der Waals surface area contributed by atoms with Gasteiger partial charge in [-0.05, 0) is 47.3 Å². The number of benzene rings is 1. The first-order valence-electron chi connectivity index (χ1n) is 8.00. The Morgan fingerprint density at radius 1 is 1.04 bits per heavy atom. The molecule has 4 nitrogen and oxygen atoms in total. The van der Waals surface area contributed by atoms with Crippen LogP contribution in [-0.2, 0) is 0 Å². The van der Waals surface area contributed by atoms with Crippen molar-refractivity contribution in [2.75, 3.05) is 7.05 Å². The third-order valence-electron chi connectivity index (χ3n) is 4.04. The lowest BCUT2D eigenvalue weighted by Gasteiger charge is -2.23. The van der Waals surface area contributed by atoms with Crippen LogP contribution in [0.3, 0.4) is 0 Å². The predicted octanol–water partition coefficient (Wildman–Crippen LogP) is 3.05. The summed E-state index contributed by atoms with van der Waals surface area (Å²) in [6.45, 7) is 0. The zero-order valence-corrected chi connectivity index (χ0v) is 14.9. The van der Waals surface area contributed by atoms with Crippen molar-refractivity contribution >= 4 is 23.2 Å². The Labute approximate surface area is 156 Å². The molecule has 1 aliphatic rings. The van der Waals surface area contributed by atoms with E-state index in [9.17, 15) is 13.2 Å². The molecular formula is C19H14F3N3OS. The zero-order chi connectivity index (χ0) is 19.0. The van der Waals surface area contributed by atoms with E-state index in [1.807, 2.05) is 30.4 Å². The van der Waals surface area contributed by atoms with Gasteiger partial charge in [0.15, 0.2) is 0 Å². The second kappa shape index (κ2) is 6.62. The summed E-state index contributed by atoms with van der Waals surface area (Å²) in [4.78, 5) is 4.05. The van der Waals surface area contributed by atoms with Gasteiger partial charge in [-0.3, -0.25) is 15.4 Å². The van der Waals surface area contributed by atoms with Gasteiger partial charge in [0.1, 0.15) is 5.75 Å². The van der Waals surface area contributed by atoms with Gasteiger partial charge in [0.05, 0.1) is 10.2 Å². The molecule has 0 radical (unpaired) electrons. The molecule has 0 spiro atoms. The van der Waals surface area contributed by atoms with Gasteiger partial charge >= 0.3 is 6.36 Å². The quantitative estimate of drug-likeness (QED) is 0.747. The third-order valence-corrected chi connectivity index (χ3v) is 5.05. The first-order valence-corrected chi connectivity index (χ1v) is 8.88. The minimum atomic E-state index is -4.70. The molecule has 3 heterocycles. The smallest absolute Gasteiger partial charge is 0.406 e. The van der Waals surface area contributed by atoms with Crippen LogP contribution in [0.15, 0.2) is 54.2 Å². The number of hydrogen-bond donors (Lipinski definition) is 1. The van der Waals surface area contributed by atoms with Gasteiger partial charge in [0.2, 0.25) is 0 Å². The second-order valence-electron chi connectivity index (χ2n) is 5.93. The maximum atomic E-state index is 12.4. The fourth-order valence-electron chi connectivity index (χ4n) is 2.92. The summed E-state index contributed by atoms with van der Waals surface area (Å²) < 4.78 is 42.0. The van der Waals surface area contributed by atoms with Gasteiger partial charge in [-0.25, -0.2) is 0 Å². The van der Waals surface area contributed by atoms with Crippen LogP contribution in [0.25, 0.3) is 23.0 Å². The predicted molar refractivity (Wildman–Crippen MR) is 97.8 cm³/mol. The Balaban J connectivity index is 1.80. The minimum absolute atomic E-state index is 0.244. The van der Waals surface area contributed by atoms with Crippen molar-refractivity contribution in [1.82, 2.24) is 15.4 Å². The lowest BCUT2D eigenvalue weighted by atomic mass is 10.1. The fourth-order valence-corrected chi connectivity index (χ4v) is 3.99. The van der Waals surface area contributed by atoms with Crippen molar-refractivity contribution in [3.05, 3.63) is 69.5 Å². The van der Waals surface area contributed by atoms with E-state index in [4.69, 9.17) is 0 Å². The number of hydrogen-bond acceptors (Lipinski definition) is 5. The average Bonchev–Trinajstić information content (AvgIpc) is 3.05. The first-order chi connectivity index (χ1) is 12.9. The molecule has 3 aromatic rings. The number of aromatic nitrogens is 1. The van der Waals surface area contributed by atoms with E-state index >= 15 is 0 Å². The van der Waals surface area contributed by atoms with E-state index in [1.54, 1.807) is 35.9 Å². The summed E-state index contributed by atoms with van der Waals surface area (Å²) in [5, 5.41) is 4.95. The minimum Gasteiger partial charge on any atom is -0.406 e. The molecule has 0 unspecified atom stereocenters. The van der Waals surface area contributed by atoms with Gasteiger partial charge in [0, 0.05) is 42.0 Å². The molecule has 0 aliphatic carbocycles. The molecule has 27 heavy (non-hydrogen) atoms. The van der Waals surface area contributed by atoms with Gasteiger partial charge in [-0.1, -0.05) is 0 Å². The van der Waals surface area contributed by atoms with Gasteiger partial charge in [-0.2, -0.15) is 0 Å². The fraction of sp³-hybridized carbons (Fsp3) is 0.105. The van der Waals surface area contributed by atoms with Crippen LogP contribution >= 0.6 is 11.3 Å². The lowest BCUT2D eigenvalue weighted by Crippen LogP contribution is -2.42. The zero-order valence-electron chi connectivity index (χ0n) is 14.1. The number of fused-ring (bicyclic) bond motifs is 1. The van der Waals surface area contributed by atoms with E-state index in [2.05, 4.69) is 20.5 Å². The number of hydrazine groups is 1. The maximum Gasteiger partial charge on any atom is 0.573 e. The molecule has 138 valence electrons. The van der Waals surface area contributed by atoms with Gasteiger partial charge in [0.25, 0.3) is 0 Å². The monoisotopic (exact) mass is 389 g/mol. The molecule has 0 bridgehead atoms. The average molecular weight is 389 g/mol. The van der Waals surface area contributed by atoms with E-state index in [0.29, 0.717) is 0 Å². The highest BCUT2D eigenvalue weighted by molar-refractivity contribution is 7.08. The van der Waals surface area contributed by atoms with Crippen LogP contribution in [0.1, 0.15) is 5.56 Å². The lowest BCUT2D eigenvalue weighted by molar-refractivity contribution is -0.274. The van der Waals surface area contributed by atoms with Gasteiger partial charge < -0.3 is 4.74 Å². The second-order valence-corrected chi connectivity index (χ2v) is 6.81. The van der Waals surface area contributed by atoms with Crippen LogP contribution in [0.2, 0.25) is 0 Å². The number of halogens is 3. The first kappa shape index (κ1) is 17.4. The third kappa shape index (κ3) is 3.61. The Hall–Kier alpha value is -3.00. The number of alkyl halides is 3. The normalized spacial score (nSPS) is 13.6. The molecule has 2 aromatic heterocycles. The molecule has 0 fully saturated rings. The standard InChI is InChI=1S/C19H14F3N3OS/c1-25-10-15-16(12-6-8-23-9-7-12)11-27-18(15)17(24-25)13-2-4-14(5-3-13)26-19(20,21)22/h2-11,24H,1H3. The molecule has 0 saturated heterocycles. The highest BCUT2D eigenvalue weighted by atomic mass is 32.1. The molecule has 8 heteroatoms. The summed E-state index contributed by atoms with van der Waals surface area (Å²) >= 11 is 1.58. The molecule has 0 atom stereocenters. The van der Waals surface area contributed by atoms with E-state index in [0.717, 1.165) is 32.1 Å². The van der Waals surface area contributed by atoms with Crippen molar-refractivity contribution in [3.8, 4) is 16.9 Å². The molecular weight excluding hydrogens is 375 g/mol. The molecule has 4 rings (SSSR count). The molecule has 1 aliphatic heterocycles. The number of ether oxygens (including phenoxy) is 1. The molecule has 1 aromatic carbocycles. The van der Waals surface area contributed by atoms with Crippen molar-refractivity contribution in [1.29, 1.82) is 0 Å². The van der Waals surface area contributed by atoms with E-state index < -0.39 is 6.36 Å². The van der Waals surface area contributed by atoms with Crippen molar-refractivity contribution in [3.63, 3.8) is 0 Å². The Morgan fingerprint density at radius 2 is 1.74 bits per heavy atom. The van der Waals surface area contributed by atoms with Gasteiger partial charge in [-0.15, -0.1) is 24.5 Å². The summed E-state index contributed by atoms with van der Waals surface area (Å²) in [5.74, 6) is -0.244. The number of nitrogens with zero attached hydrogens (tertiary/aromatic N) is 2. The maximum absolute atomic E-state index is 12.4. The van der Waals surface area contributed by atoms with Crippen LogP contribution < -0.4 is 19.9 Å². The van der Waals surface area contributed by atoms with Crippen LogP contribution in [0, 0.1) is 0 Å². The van der Waals surface area contributed by atoms with E-state index in [-0.39, 0.29) is 5.75 Å². The number of nitrogens with one attached hydrogen (secondary N) is 1. The van der Waals surface area contributed by atoms with Crippen LogP contribution in [0.4, 0.5) is 13.2 Å². The Kier molecular flexibility index (Phi) is 4.27. The number of thiophene rings is 1. The molecule has 1 N–H and O–H groups in total. The molecule has 0 amide bonds. The van der Waals surface area contributed by atoms with Crippen LogP contribution in [-0.4, -0.2) is 23.4 Å². The number of rotatable bonds is 3. The van der Waals surface area contributed by atoms with Crippen molar-refractivity contribution in [2.24, 2.45) is 0 Å². The van der Waals surface area contributed by atoms with Crippen molar-refractivity contribution in [2.45, 2.75) is 6.36 Å². The highest BCUT2D eigenvalue weighted by Gasteiger charge is 2.31.